The van der Waals surface area contributed by atoms with E-state index in [2.05, 4.69) is 4.90 Å². The minimum Gasteiger partial charge on any atom is -0.458 e. The standard InChI is InChI=1S/C48H71ClFN3O13/c1-12-36-48(9)40(52(44(57)66-48)20-19-31-17-18-34(50)33(49)22-31)28(5)37(54)25(2)23-47(8,60-11)41(65-43-38(55)35(21-27(4)62-43)51(10)32-15-13-14-16-32)29(6)39(30(7)42(56)63-36)64-46(59)53-26(3)24-61-45(53)58/h17-18,22,25-30,32,35-36,38-41,43,55H,12-16,19-21,23-24H2,1-11H3/t25-,26+,27-,28+,29+,30-,35+,36-,38-,39+,40-,41-,43+,47+,48-/m1/s1. The second-order valence-corrected chi connectivity index (χ2v) is 20.3. The van der Waals surface area contributed by atoms with Gasteiger partial charge in [0.25, 0.3) is 0 Å². The van der Waals surface area contributed by atoms with Gasteiger partial charge in [0.15, 0.2) is 11.9 Å². The number of rotatable bonds is 10. The molecular weight excluding hydrogens is 881 g/mol. The minimum absolute atomic E-state index is 0.0317. The van der Waals surface area contributed by atoms with Gasteiger partial charge in [-0.2, -0.15) is 0 Å². The Morgan fingerprint density at radius 2 is 1.71 bits per heavy atom. The molecule has 1 aromatic carbocycles. The molecule has 1 saturated carbocycles. The number of halogens is 2. The zero-order valence-electron chi connectivity index (χ0n) is 40.3. The summed E-state index contributed by atoms with van der Waals surface area (Å²) in [5.74, 6) is -5.49. The van der Waals surface area contributed by atoms with Gasteiger partial charge in [-0.05, 0) is 97.9 Å². The first-order valence-corrected chi connectivity index (χ1v) is 24.0. The molecule has 5 aliphatic rings. The molecule has 4 heterocycles. The summed E-state index contributed by atoms with van der Waals surface area (Å²) in [4.78, 5) is 75.2. The highest BCUT2D eigenvalue weighted by atomic mass is 35.5. The first-order valence-electron chi connectivity index (χ1n) is 23.7. The van der Waals surface area contributed by atoms with Crippen LogP contribution in [0.3, 0.4) is 0 Å². The number of amides is 3. The van der Waals surface area contributed by atoms with E-state index in [9.17, 15) is 28.7 Å². The molecule has 1 aromatic rings. The van der Waals surface area contributed by atoms with E-state index in [4.69, 9.17) is 44.8 Å². The maximum Gasteiger partial charge on any atom is 0.419 e. The van der Waals surface area contributed by atoms with Gasteiger partial charge in [0.2, 0.25) is 0 Å². The van der Waals surface area contributed by atoms with Crippen molar-refractivity contribution in [2.24, 2.45) is 23.7 Å². The quantitative estimate of drug-likeness (QED) is 0.182. The topological polar surface area (TPSA) is 180 Å². The number of nitrogens with zero attached hydrogens (tertiary/aromatic N) is 3. The van der Waals surface area contributed by atoms with Crippen LogP contribution >= 0.6 is 11.6 Å². The Kier molecular flexibility index (Phi) is 16.4. The number of ether oxygens (including phenoxy) is 7. The minimum atomic E-state index is -1.56. The Balaban J connectivity index is 1.43. The number of benzene rings is 1. The molecule has 0 aromatic heterocycles. The van der Waals surface area contributed by atoms with Gasteiger partial charge in [0.05, 0.1) is 40.8 Å². The van der Waals surface area contributed by atoms with Crippen LogP contribution in [-0.2, 0) is 49.2 Å². The number of hydrogen-bond acceptors (Lipinski definition) is 14. The summed E-state index contributed by atoms with van der Waals surface area (Å²) in [6, 6.07) is 2.62. The van der Waals surface area contributed by atoms with Crippen LogP contribution in [0.2, 0.25) is 5.02 Å². The number of methoxy groups -OCH3 is 1. The predicted molar refractivity (Wildman–Crippen MR) is 239 cm³/mol. The van der Waals surface area contributed by atoms with Crippen molar-refractivity contribution in [3.63, 3.8) is 0 Å². The zero-order chi connectivity index (χ0) is 48.6. The van der Waals surface area contributed by atoms with Crippen LogP contribution in [0, 0.1) is 29.5 Å². The number of ketones is 1. The van der Waals surface area contributed by atoms with Crippen LogP contribution in [0.1, 0.15) is 113 Å². The van der Waals surface area contributed by atoms with Crippen molar-refractivity contribution in [1.82, 2.24) is 14.7 Å². The van der Waals surface area contributed by atoms with Crippen LogP contribution in [-0.4, -0.2) is 149 Å². The maximum atomic E-state index is 15.0. The number of aliphatic hydroxyl groups is 1. The van der Waals surface area contributed by atoms with E-state index in [1.165, 1.54) is 31.1 Å². The predicted octanol–water partition coefficient (Wildman–Crippen LogP) is 7.32. The van der Waals surface area contributed by atoms with Crippen molar-refractivity contribution in [3.05, 3.63) is 34.6 Å². The van der Waals surface area contributed by atoms with Crippen molar-refractivity contribution in [2.75, 3.05) is 27.3 Å². The zero-order valence-corrected chi connectivity index (χ0v) is 41.1. The summed E-state index contributed by atoms with van der Waals surface area (Å²) >= 11 is 6.10. The van der Waals surface area contributed by atoms with Crippen LogP contribution in [0.5, 0.6) is 0 Å². The summed E-state index contributed by atoms with van der Waals surface area (Å²) in [6.07, 6.45) is -3.77. The lowest BCUT2D eigenvalue weighted by atomic mass is 9.73. The Morgan fingerprint density at radius 3 is 2.32 bits per heavy atom. The van der Waals surface area contributed by atoms with E-state index >= 15 is 4.79 Å². The van der Waals surface area contributed by atoms with E-state index in [0.29, 0.717) is 12.0 Å². The molecule has 15 atom stereocenters. The molecule has 5 fully saturated rings. The van der Waals surface area contributed by atoms with Gasteiger partial charge in [0.1, 0.15) is 36.5 Å². The van der Waals surface area contributed by atoms with Crippen molar-refractivity contribution in [2.45, 2.75) is 186 Å². The molecular formula is C48H71ClFN3O13. The Bertz CT molecular complexity index is 1940. The van der Waals surface area contributed by atoms with Gasteiger partial charge in [-0.25, -0.2) is 23.7 Å². The molecule has 0 radical (unpaired) electrons. The number of hydrogen-bond donors (Lipinski definition) is 1. The van der Waals surface area contributed by atoms with Gasteiger partial charge in [-0.15, -0.1) is 0 Å². The third-order valence-corrected chi connectivity index (χ3v) is 15.5. The lowest BCUT2D eigenvalue weighted by Crippen LogP contribution is -2.62. The lowest BCUT2D eigenvalue weighted by Gasteiger charge is -2.49. The highest BCUT2D eigenvalue weighted by Gasteiger charge is 2.61. The number of Topliss-reactive ketones (excluding diaryl/α,β-unsaturated/α-hetero) is 1. The molecule has 0 unspecified atom stereocenters. The summed E-state index contributed by atoms with van der Waals surface area (Å²) in [5.41, 5.74) is -2.31. The fourth-order valence-corrected chi connectivity index (χ4v) is 11.6. The summed E-state index contributed by atoms with van der Waals surface area (Å²) in [7, 11) is 3.49. The smallest absolute Gasteiger partial charge is 0.419 e. The Hall–Kier alpha value is -3.61. The van der Waals surface area contributed by atoms with Crippen molar-refractivity contribution in [1.29, 1.82) is 0 Å². The molecule has 4 aliphatic heterocycles. The summed E-state index contributed by atoms with van der Waals surface area (Å²) in [6.45, 7) is 15.5. The molecule has 4 saturated heterocycles. The van der Waals surface area contributed by atoms with E-state index in [-0.39, 0.29) is 61.4 Å². The maximum absolute atomic E-state index is 15.0. The fourth-order valence-electron chi connectivity index (χ4n) is 11.4. The van der Waals surface area contributed by atoms with Crippen LogP contribution in [0.4, 0.5) is 18.8 Å². The Labute approximate surface area is 393 Å². The lowest BCUT2D eigenvalue weighted by molar-refractivity contribution is -0.303. The monoisotopic (exact) mass is 951 g/mol. The highest BCUT2D eigenvalue weighted by Crippen LogP contribution is 2.44. The molecule has 0 bridgehead atoms. The molecule has 3 amide bonds. The molecule has 0 spiro atoms. The average Bonchev–Trinajstić information content (AvgIpc) is 4.00. The third-order valence-electron chi connectivity index (χ3n) is 15.2. The first-order chi connectivity index (χ1) is 31.1. The number of imide groups is 1. The number of aliphatic hydroxyl groups excluding tert-OH is 1. The van der Waals surface area contributed by atoms with E-state index in [1.807, 2.05) is 14.0 Å². The van der Waals surface area contributed by atoms with E-state index in [1.54, 1.807) is 54.5 Å². The number of fused-ring (bicyclic) bond motifs is 1. The number of carbonyl (C=O) groups excluding carboxylic acids is 5. The number of carbonyl (C=O) groups is 5. The van der Waals surface area contributed by atoms with Crippen LogP contribution < -0.4 is 0 Å². The molecule has 16 nitrogen and oxygen atoms in total. The van der Waals surface area contributed by atoms with Gasteiger partial charge < -0.3 is 38.3 Å². The van der Waals surface area contributed by atoms with Gasteiger partial charge in [-0.1, -0.05) is 58.2 Å². The van der Waals surface area contributed by atoms with Crippen LogP contribution in [0.25, 0.3) is 0 Å². The molecule has 66 heavy (non-hydrogen) atoms. The molecule has 18 heteroatoms. The first kappa shape index (κ1) is 51.8. The highest BCUT2D eigenvalue weighted by molar-refractivity contribution is 6.30. The molecule has 6 rings (SSSR count). The largest absolute Gasteiger partial charge is 0.458 e. The number of esters is 1. The Morgan fingerprint density at radius 1 is 1.03 bits per heavy atom. The van der Waals surface area contributed by atoms with Gasteiger partial charge >= 0.3 is 24.2 Å². The number of likely N-dealkylation sites (N-methyl/N-ethyl adjacent to an activating group) is 1. The van der Waals surface area contributed by atoms with Crippen molar-refractivity contribution >= 4 is 41.6 Å². The molecule has 1 N–H and O–H groups in total. The summed E-state index contributed by atoms with van der Waals surface area (Å²) in [5, 5.41) is 12.1. The fraction of sp³-hybridized carbons (Fsp3) is 0.771. The second kappa shape index (κ2) is 20.9. The molecule has 370 valence electrons. The van der Waals surface area contributed by atoms with Gasteiger partial charge in [0, 0.05) is 43.5 Å². The van der Waals surface area contributed by atoms with E-state index < -0.39 is 108 Å². The summed E-state index contributed by atoms with van der Waals surface area (Å²) < 4.78 is 57.7. The second-order valence-electron chi connectivity index (χ2n) is 19.9. The normalized spacial score (nSPS) is 38.5. The van der Waals surface area contributed by atoms with E-state index in [0.717, 1.165) is 30.6 Å². The third kappa shape index (κ3) is 10.4. The van der Waals surface area contributed by atoms with Gasteiger partial charge in [-0.3, -0.25) is 19.4 Å². The van der Waals surface area contributed by atoms with Crippen molar-refractivity contribution < 1.29 is 66.6 Å². The van der Waals surface area contributed by atoms with Crippen LogP contribution in [0.15, 0.2) is 18.2 Å². The average molecular weight is 953 g/mol. The van der Waals surface area contributed by atoms with Crippen molar-refractivity contribution in [3.8, 4) is 0 Å². The SMILES string of the molecule is CC[C@H]1OC(=O)[C@H](C)[C@@H](OC(=O)N2C(=O)OC[C@@H]2C)[C@H](C)[C@@H](O[C@@H]2O[C@H](C)C[C@H](N(C)C3CCCC3)[C@H]2O)[C@@](C)(OC)C[C@@H](C)C(=O)[C@H](C)[C@H]2N(CCc3ccc(F)c(Cl)c3)C(=O)O[C@]12C. The molecule has 1 aliphatic carbocycles. The number of cyclic esters (lactones) is 2.